The smallest absolute Gasteiger partial charge is 0.273 e. The number of carbonyl (C=O) groups excluding carboxylic acids is 2. The van der Waals surface area contributed by atoms with Crippen molar-refractivity contribution in [1.82, 2.24) is 24.5 Å². The summed E-state index contributed by atoms with van der Waals surface area (Å²) >= 11 is 6.16. The van der Waals surface area contributed by atoms with Gasteiger partial charge in [0.05, 0.1) is 40.8 Å². The molecule has 1 unspecified atom stereocenters. The predicted molar refractivity (Wildman–Crippen MR) is 100 cm³/mol. The Balaban J connectivity index is 2.18. The average Bonchev–Trinajstić information content (AvgIpc) is 3.10. The van der Waals surface area contributed by atoms with Gasteiger partial charge in [-0.3, -0.25) is 19.0 Å². The van der Waals surface area contributed by atoms with Gasteiger partial charge < -0.3 is 10.2 Å². The van der Waals surface area contributed by atoms with E-state index in [-0.39, 0.29) is 17.7 Å². The minimum absolute atomic E-state index is 0.211. The number of hydrogen-bond acceptors (Lipinski definition) is 4. The van der Waals surface area contributed by atoms with Gasteiger partial charge in [-0.1, -0.05) is 18.5 Å². The second-order valence-electron chi connectivity index (χ2n) is 6.48. The van der Waals surface area contributed by atoms with Crippen molar-refractivity contribution in [3.8, 4) is 0 Å². The molecule has 8 nitrogen and oxygen atoms in total. The maximum Gasteiger partial charge on any atom is 0.273 e. The minimum Gasteiger partial charge on any atom is -0.343 e. The molecule has 0 bridgehead atoms. The van der Waals surface area contributed by atoms with Crippen LogP contribution < -0.4 is 5.32 Å². The lowest BCUT2D eigenvalue weighted by molar-refractivity contribution is -0.119. The molecule has 1 N–H and O–H groups in total. The van der Waals surface area contributed by atoms with Crippen LogP contribution in [0.4, 0.5) is 5.69 Å². The maximum atomic E-state index is 12.6. The molecule has 0 fully saturated rings. The number of nitrogens with zero attached hydrogens (tertiary/aromatic N) is 5. The molecule has 2 aromatic rings. The van der Waals surface area contributed by atoms with Gasteiger partial charge in [0.1, 0.15) is 5.69 Å². The van der Waals surface area contributed by atoms with E-state index < -0.39 is 0 Å². The standard InChI is InChI=1S/C17H25ClN6O2/c1-7-23-15(17(26)22(5)6)13(8-19-23)20-16(25)10(2)9-24-12(4)14(18)11(3)21-24/h8,10H,7,9H2,1-6H3,(H,20,25). The lowest BCUT2D eigenvalue weighted by atomic mass is 10.1. The Labute approximate surface area is 158 Å². The number of rotatable bonds is 6. The largest absolute Gasteiger partial charge is 0.343 e. The molecular weight excluding hydrogens is 356 g/mol. The third-order valence-electron chi connectivity index (χ3n) is 4.19. The average molecular weight is 381 g/mol. The number of carbonyl (C=O) groups is 2. The number of amides is 2. The van der Waals surface area contributed by atoms with Gasteiger partial charge in [0, 0.05) is 20.6 Å². The topological polar surface area (TPSA) is 85.0 Å². The van der Waals surface area contributed by atoms with E-state index in [1.54, 1.807) is 30.4 Å². The zero-order chi connectivity index (χ0) is 19.6. The third kappa shape index (κ3) is 3.90. The van der Waals surface area contributed by atoms with Crippen LogP contribution in [0.5, 0.6) is 0 Å². The Bertz CT molecular complexity index is 824. The first kappa shape index (κ1) is 20.0. The summed E-state index contributed by atoms with van der Waals surface area (Å²) in [6, 6.07) is 0. The van der Waals surface area contributed by atoms with Crippen molar-refractivity contribution < 1.29 is 9.59 Å². The first-order valence-electron chi connectivity index (χ1n) is 8.45. The number of aromatic nitrogens is 4. The van der Waals surface area contributed by atoms with Crippen LogP contribution in [0.15, 0.2) is 6.20 Å². The quantitative estimate of drug-likeness (QED) is 0.833. The number of aryl methyl sites for hydroxylation is 2. The molecule has 0 aliphatic heterocycles. The maximum absolute atomic E-state index is 12.6. The summed E-state index contributed by atoms with van der Waals surface area (Å²) in [7, 11) is 3.33. The molecular formula is C17H25ClN6O2. The van der Waals surface area contributed by atoms with Gasteiger partial charge in [-0.25, -0.2) is 0 Å². The van der Waals surface area contributed by atoms with Crippen LogP contribution in [-0.2, 0) is 17.9 Å². The molecule has 142 valence electrons. The number of hydrogen-bond donors (Lipinski definition) is 1. The molecule has 0 saturated heterocycles. The molecule has 2 amide bonds. The van der Waals surface area contributed by atoms with Crippen LogP contribution in [-0.4, -0.2) is 50.4 Å². The summed E-state index contributed by atoms with van der Waals surface area (Å²) < 4.78 is 3.30. The molecule has 0 aromatic carbocycles. The van der Waals surface area contributed by atoms with Crippen LogP contribution in [0.2, 0.25) is 5.02 Å². The van der Waals surface area contributed by atoms with E-state index in [4.69, 9.17) is 11.6 Å². The second kappa shape index (κ2) is 7.90. The van der Waals surface area contributed by atoms with Gasteiger partial charge in [0.2, 0.25) is 5.91 Å². The number of halogens is 1. The summed E-state index contributed by atoms with van der Waals surface area (Å²) in [5.74, 6) is -0.786. The van der Waals surface area contributed by atoms with Gasteiger partial charge >= 0.3 is 0 Å². The Kier molecular flexibility index (Phi) is 6.07. The Morgan fingerprint density at radius 2 is 1.96 bits per heavy atom. The second-order valence-corrected chi connectivity index (χ2v) is 6.86. The first-order chi connectivity index (χ1) is 12.2. The van der Waals surface area contributed by atoms with Gasteiger partial charge in [0.25, 0.3) is 5.91 Å². The molecule has 1 atom stereocenters. The van der Waals surface area contributed by atoms with E-state index in [1.165, 1.54) is 11.1 Å². The molecule has 26 heavy (non-hydrogen) atoms. The molecule has 2 aromatic heterocycles. The van der Waals surface area contributed by atoms with Crippen molar-refractivity contribution in [2.45, 2.75) is 40.8 Å². The van der Waals surface area contributed by atoms with Crippen molar-refractivity contribution >= 4 is 29.1 Å². The van der Waals surface area contributed by atoms with Gasteiger partial charge in [-0.05, 0) is 20.8 Å². The van der Waals surface area contributed by atoms with Crippen LogP contribution >= 0.6 is 11.6 Å². The summed E-state index contributed by atoms with van der Waals surface area (Å²) in [5.41, 5.74) is 2.34. The van der Waals surface area contributed by atoms with Crippen LogP contribution in [0, 0.1) is 19.8 Å². The molecule has 0 aliphatic rings. The molecule has 2 heterocycles. The van der Waals surface area contributed by atoms with Crippen molar-refractivity contribution in [3.05, 3.63) is 28.3 Å². The zero-order valence-electron chi connectivity index (χ0n) is 16.0. The summed E-state index contributed by atoms with van der Waals surface area (Å²) in [6.45, 7) is 8.31. The molecule has 0 saturated carbocycles. The third-order valence-corrected chi connectivity index (χ3v) is 4.74. The Morgan fingerprint density at radius 3 is 2.46 bits per heavy atom. The Morgan fingerprint density at radius 1 is 1.31 bits per heavy atom. The SMILES string of the molecule is CCn1ncc(NC(=O)C(C)Cn2nc(C)c(Cl)c2C)c1C(=O)N(C)C. The van der Waals surface area contributed by atoms with E-state index in [1.807, 2.05) is 20.8 Å². The monoisotopic (exact) mass is 380 g/mol. The molecule has 0 spiro atoms. The van der Waals surface area contributed by atoms with Crippen molar-refractivity contribution in [2.75, 3.05) is 19.4 Å². The Hall–Kier alpha value is -2.35. The lowest BCUT2D eigenvalue weighted by Crippen LogP contribution is -2.29. The van der Waals surface area contributed by atoms with E-state index in [2.05, 4.69) is 15.5 Å². The van der Waals surface area contributed by atoms with Crippen LogP contribution in [0.1, 0.15) is 35.7 Å². The summed E-state index contributed by atoms with van der Waals surface area (Å²) in [6.07, 6.45) is 1.50. The zero-order valence-corrected chi connectivity index (χ0v) is 16.8. The van der Waals surface area contributed by atoms with Gasteiger partial charge in [-0.15, -0.1) is 0 Å². The highest BCUT2D eigenvalue weighted by Crippen LogP contribution is 2.21. The van der Waals surface area contributed by atoms with Gasteiger partial charge in [-0.2, -0.15) is 10.2 Å². The number of anilines is 1. The highest BCUT2D eigenvalue weighted by atomic mass is 35.5. The molecule has 9 heteroatoms. The number of nitrogens with one attached hydrogen (secondary N) is 1. The van der Waals surface area contributed by atoms with E-state index in [9.17, 15) is 9.59 Å². The fourth-order valence-corrected chi connectivity index (χ4v) is 2.74. The first-order valence-corrected chi connectivity index (χ1v) is 8.82. The predicted octanol–water partition coefficient (Wildman–Crippen LogP) is 2.35. The van der Waals surface area contributed by atoms with Crippen molar-refractivity contribution in [3.63, 3.8) is 0 Å². The molecule has 0 aliphatic carbocycles. The van der Waals surface area contributed by atoms with E-state index >= 15 is 0 Å². The summed E-state index contributed by atoms with van der Waals surface area (Å²) in [5, 5.41) is 12.0. The lowest BCUT2D eigenvalue weighted by Gasteiger charge is -2.16. The molecule has 0 radical (unpaired) electrons. The minimum atomic E-state index is -0.364. The molecule has 2 rings (SSSR count). The fraction of sp³-hybridized carbons (Fsp3) is 0.529. The highest BCUT2D eigenvalue weighted by Gasteiger charge is 2.23. The van der Waals surface area contributed by atoms with E-state index in [0.717, 1.165) is 11.4 Å². The van der Waals surface area contributed by atoms with E-state index in [0.29, 0.717) is 29.5 Å². The highest BCUT2D eigenvalue weighted by molar-refractivity contribution is 6.31. The van der Waals surface area contributed by atoms with Crippen molar-refractivity contribution in [1.29, 1.82) is 0 Å². The summed E-state index contributed by atoms with van der Waals surface area (Å²) in [4.78, 5) is 26.5. The normalized spacial score (nSPS) is 12.1. The fourth-order valence-electron chi connectivity index (χ4n) is 2.61. The van der Waals surface area contributed by atoms with Gasteiger partial charge in [0.15, 0.2) is 0 Å². The van der Waals surface area contributed by atoms with Crippen molar-refractivity contribution in [2.24, 2.45) is 5.92 Å². The van der Waals surface area contributed by atoms with Crippen LogP contribution in [0.3, 0.4) is 0 Å². The van der Waals surface area contributed by atoms with Crippen LogP contribution in [0.25, 0.3) is 0 Å².